The highest BCUT2D eigenvalue weighted by atomic mass is 79.9. The molecule has 2 aromatic carbocycles. The van der Waals surface area contributed by atoms with Gasteiger partial charge in [-0.05, 0) is 64.9 Å². The van der Waals surface area contributed by atoms with E-state index in [-0.39, 0.29) is 5.91 Å². The Balaban J connectivity index is 1.60. The van der Waals surface area contributed by atoms with Crippen LogP contribution in [0.5, 0.6) is 0 Å². The number of nitrogens with one attached hydrogen (secondary N) is 1. The fourth-order valence-corrected chi connectivity index (χ4v) is 3.04. The lowest BCUT2D eigenvalue weighted by Gasteiger charge is -2.14. The largest absolute Gasteiger partial charge is 0.348 e. The van der Waals surface area contributed by atoms with Gasteiger partial charge in [0.05, 0.1) is 16.4 Å². The van der Waals surface area contributed by atoms with Gasteiger partial charge in [0, 0.05) is 24.8 Å². The first-order chi connectivity index (χ1) is 13.0. The van der Waals surface area contributed by atoms with E-state index in [0.717, 1.165) is 28.8 Å². The number of halogens is 1. The first kappa shape index (κ1) is 19.3. The van der Waals surface area contributed by atoms with Crippen LogP contribution < -0.4 is 5.32 Å². The monoisotopic (exact) mass is 426 g/mol. The lowest BCUT2D eigenvalue weighted by molar-refractivity contribution is 0.0951. The van der Waals surface area contributed by atoms with Gasteiger partial charge in [-0.1, -0.05) is 31.2 Å². The zero-order valence-electron chi connectivity index (χ0n) is 15.5. The fourth-order valence-electron chi connectivity index (χ4n) is 2.75. The van der Waals surface area contributed by atoms with Gasteiger partial charge in [0.1, 0.15) is 0 Å². The van der Waals surface area contributed by atoms with Gasteiger partial charge in [-0.3, -0.25) is 4.79 Å². The van der Waals surface area contributed by atoms with Crippen molar-refractivity contribution in [2.45, 2.75) is 20.0 Å². The van der Waals surface area contributed by atoms with Gasteiger partial charge in [-0.15, -0.1) is 0 Å². The molecule has 6 heteroatoms. The van der Waals surface area contributed by atoms with Crippen molar-refractivity contribution in [1.82, 2.24) is 20.0 Å². The number of amides is 1. The molecule has 0 bridgehead atoms. The zero-order valence-corrected chi connectivity index (χ0v) is 17.1. The normalized spacial score (nSPS) is 11.0. The number of nitrogens with zero attached hydrogens (tertiary/aromatic N) is 3. The topological polar surface area (TPSA) is 50.2 Å². The summed E-state index contributed by atoms with van der Waals surface area (Å²) in [6, 6.07) is 15.7. The van der Waals surface area contributed by atoms with Crippen LogP contribution in [0.4, 0.5) is 0 Å². The first-order valence-corrected chi connectivity index (χ1v) is 9.69. The number of benzene rings is 2. The Morgan fingerprint density at radius 2 is 1.93 bits per heavy atom. The van der Waals surface area contributed by atoms with Gasteiger partial charge in [0.2, 0.25) is 0 Å². The van der Waals surface area contributed by atoms with Crippen molar-refractivity contribution in [1.29, 1.82) is 0 Å². The highest BCUT2D eigenvalue weighted by molar-refractivity contribution is 9.10. The Morgan fingerprint density at radius 3 is 2.59 bits per heavy atom. The molecule has 0 aliphatic rings. The molecule has 3 aromatic rings. The van der Waals surface area contributed by atoms with Crippen molar-refractivity contribution >= 4 is 21.8 Å². The van der Waals surface area contributed by atoms with Crippen LogP contribution in [0.15, 0.2) is 65.4 Å². The minimum atomic E-state index is -0.0840. The van der Waals surface area contributed by atoms with Gasteiger partial charge in [-0.25, -0.2) is 4.68 Å². The van der Waals surface area contributed by atoms with Gasteiger partial charge in [0.25, 0.3) is 5.91 Å². The van der Waals surface area contributed by atoms with Crippen LogP contribution in [-0.4, -0.2) is 34.2 Å². The lowest BCUT2D eigenvalue weighted by atomic mass is 10.1. The Hall–Kier alpha value is -2.44. The maximum absolute atomic E-state index is 12.4. The number of carbonyl (C=O) groups excluding carboxylic acids is 1. The van der Waals surface area contributed by atoms with Gasteiger partial charge < -0.3 is 10.2 Å². The molecule has 0 aliphatic heterocycles. The Bertz CT molecular complexity index is 905. The Kier molecular flexibility index (Phi) is 6.42. The van der Waals surface area contributed by atoms with Crippen LogP contribution >= 0.6 is 15.9 Å². The van der Waals surface area contributed by atoms with Crippen molar-refractivity contribution < 1.29 is 4.79 Å². The van der Waals surface area contributed by atoms with Crippen molar-refractivity contribution in [3.63, 3.8) is 0 Å². The smallest absolute Gasteiger partial charge is 0.251 e. The fraction of sp³-hybridized carbons (Fsp3) is 0.238. The summed E-state index contributed by atoms with van der Waals surface area (Å²) in [5.74, 6) is -0.0840. The van der Waals surface area contributed by atoms with Crippen LogP contribution in [0, 0.1) is 0 Å². The second-order valence-electron chi connectivity index (χ2n) is 6.48. The maximum Gasteiger partial charge on any atom is 0.251 e. The molecule has 0 saturated carbocycles. The molecular weight excluding hydrogens is 404 g/mol. The summed E-state index contributed by atoms with van der Waals surface area (Å²) in [7, 11) is 2.10. The molecular formula is C21H23BrN4O. The molecule has 3 rings (SSSR count). The van der Waals surface area contributed by atoms with E-state index in [4.69, 9.17) is 0 Å². The molecule has 1 N–H and O–H groups in total. The summed E-state index contributed by atoms with van der Waals surface area (Å²) < 4.78 is 2.67. The molecule has 0 aliphatic carbocycles. The minimum absolute atomic E-state index is 0.0840. The highest BCUT2D eigenvalue weighted by Gasteiger charge is 2.07. The standard InChI is InChI=1S/C21H23BrN4O/c1-3-25(2)14-17-6-4-5-16(11-17)12-23-21(27)18-7-9-20(10-8-18)26-15-19(22)13-24-26/h4-11,13,15H,3,12,14H2,1-2H3,(H,23,27). The summed E-state index contributed by atoms with van der Waals surface area (Å²) in [6.07, 6.45) is 3.60. The average Bonchev–Trinajstić information content (AvgIpc) is 3.13. The summed E-state index contributed by atoms with van der Waals surface area (Å²) in [5.41, 5.74) is 3.89. The van der Waals surface area contributed by atoms with Gasteiger partial charge >= 0.3 is 0 Å². The average molecular weight is 427 g/mol. The molecule has 0 fully saturated rings. The molecule has 140 valence electrons. The molecule has 27 heavy (non-hydrogen) atoms. The summed E-state index contributed by atoms with van der Waals surface area (Å²) >= 11 is 3.38. The minimum Gasteiger partial charge on any atom is -0.348 e. The maximum atomic E-state index is 12.4. The molecule has 5 nitrogen and oxygen atoms in total. The van der Waals surface area contributed by atoms with E-state index in [9.17, 15) is 4.79 Å². The second kappa shape index (κ2) is 8.97. The third kappa shape index (κ3) is 5.28. The summed E-state index contributed by atoms with van der Waals surface area (Å²) in [4.78, 5) is 14.7. The molecule has 1 aromatic heterocycles. The number of aromatic nitrogens is 2. The second-order valence-corrected chi connectivity index (χ2v) is 7.40. The van der Waals surface area contributed by atoms with Crippen LogP contribution in [0.3, 0.4) is 0 Å². The highest BCUT2D eigenvalue weighted by Crippen LogP contribution is 2.14. The summed E-state index contributed by atoms with van der Waals surface area (Å²) in [5, 5.41) is 7.23. The van der Waals surface area contributed by atoms with E-state index in [0.29, 0.717) is 12.1 Å². The Morgan fingerprint density at radius 1 is 1.19 bits per heavy atom. The van der Waals surface area contributed by atoms with Gasteiger partial charge in [-0.2, -0.15) is 5.10 Å². The number of rotatable bonds is 7. The molecule has 0 radical (unpaired) electrons. The quantitative estimate of drug-likeness (QED) is 0.620. The van der Waals surface area contributed by atoms with E-state index >= 15 is 0 Å². The SMILES string of the molecule is CCN(C)Cc1cccc(CNC(=O)c2ccc(-n3cc(Br)cn3)cc2)c1. The number of hydrogen-bond acceptors (Lipinski definition) is 3. The number of hydrogen-bond donors (Lipinski definition) is 1. The predicted octanol–water partition coefficient (Wildman–Crippen LogP) is 4.02. The van der Waals surface area contributed by atoms with Crippen molar-refractivity contribution in [3.05, 3.63) is 82.1 Å². The molecule has 1 amide bonds. The van der Waals surface area contributed by atoms with E-state index in [2.05, 4.69) is 57.3 Å². The van der Waals surface area contributed by atoms with Crippen molar-refractivity contribution in [2.24, 2.45) is 0 Å². The Labute approximate surface area is 168 Å². The third-order valence-electron chi connectivity index (χ3n) is 4.38. The molecule has 0 unspecified atom stereocenters. The van der Waals surface area contributed by atoms with Crippen LogP contribution in [0.1, 0.15) is 28.4 Å². The van der Waals surface area contributed by atoms with Crippen molar-refractivity contribution in [3.8, 4) is 5.69 Å². The van der Waals surface area contributed by atoms with Crippen molar-refractivity contribution in [2.75, 3.05) is 13.6 Å². The van der Waals surface area contributed by atoms with E-state index < -0.39 is 0 Å². The van der Waals surface area contributed by atoms with E-state index in [1.807, 2.05) is 42.6 Å². The lowest BCUT2D eigenvalue weighted by Crippen LogP contribution is -2.23. The van der Waals surface area contributed by atoms with Crippen LogP contribution in [-0.2, 0) is 13.1 Å². The molecule has 0 atom stereocenters. The molecule has 0 spiro atoms. The van der Waals surface area contributed by atoms with Crippen LogP contribution in [0.25, 0.3) is 5.69 Å². The van der Waals surface area contributed by atoms with E-state index in [1.54, 1.807) is 10.9 Å². The van der Waals surface area contributed by atoms with E-state index in [1.165, 1.54) is 5.56 Å². The first-order valence-electron chi connectivity index (χ1n) is 8.90. The number of carbonyl (C=O) groups is 1. The molecule has 0 saturated heterocycles. The third-order valence-corrected chi connectivity index (χ3v) is 4.79. The van der Waals surface area contributed by atoms with Crippen LogP contribution in [0.2, 0.25) is 0 Å². The van der Waals surface area contributed by atoms with Gasteiger partial charge in [0.15, 0.2) is 0 Å². The molecule has 1 heterocycles. The summed E-state index contributed by atoms with van der Waals surface area (Å²) in [6.45, 7) is 4.56. The zero-order chi connectivity index (χ0) is 19.2. The predicted molar refractivity (Wildman–Crippen MR) is 111 cm³/mol.